The van der Waals surface area contributed by atoms with Crippen molar-refractivity contribution < 1.29 is 0 Å². The van der Waals surface area contributed by atoms with Gasteiger partial charge in [-0.15, -0.1) is 13.3 Å². The quantitative estimate of drug-likeness (QED) is 0.403. The standard InChI is InChI=1S/C14H7.3Al/c1-2-6-12-10-14-8-4-3-7-13(14)9-11(12)5-1;;;/h1-3,5-8H;;;. The van der Waals surface area contributed by atoms with Crippen molar-refractivity contribution in [1.29, 1.82) is 0 Å². The predicted octanol–water partition coefficient (Wildman–Crippen LogP) is 0.374. The molecule has 3 rings (SSSR count). The lowest BCUT2D eigenvalue weighted by molar-refractivity contribution is 1.83. The maximum atomic E-state index is 2.88. The zero-order valence-electron chi connectivity index (χ0n) is 9.27. The van der Waals surface area contributed by atoms with Gasteiger partial charge >= 0.3 is 0 Å². The minimum atomic E-state index is 1.22. The first-order valence-corrected chi connectivity index (χ1v) is 7.16. The van der Waals surface area contributed by atoms with Crippen LogP contribution in [0.15, 0.2) is 42.5 Å². The highest BCUT2D eigenvalue weighted by Crippen LogP contribution is 2.16. The molecule has 0 aliphatic carbocycles. The van der Waals surface area contributed by atoms with Crippen LogP contribution < -0.4 is 13.3 Å². The fraction of sp³-hybridized carbons (Fsp3) is 0. The fourth-order valence-corrected chi connectivity index (χ4v) is 3.52. The van der Waals surface area contributed by atoms with Crippen molar-refractivity contribution in [3.05, 3.63) is 42.5 Å². The van der Waals surface area contributed by atoms with E-state index in [-0.39, 0.29) is 0 Å². The van der Waals surface area contributed by atoms with Gasteiger partial charge in [-0.1, -0.05) is 42.5 Å². The van der Waals surface area contributed by atoms with Crippen LogP contribution in [0.3, 0.4) is 0 Å². The summed E-state index contributed by atoms with van der Waals surface area (Å²) in [4.78, 5) is 0. The zero-order chi connectivity index (χ0) is 12.0. The summed E-state index contributed by atoms with van der Waals surface area (Å²) >= 11 is 8.53. The van der Waals surface area contributed by atoms with Gasteiger partial charge in [0.15, 0.2) is 48.9 Å². The van der Waals surface area contributed by atoms with Gasteiger partial charge in [0.25, 0.3) is 0 Å². The second kappa shape index (κ2) is 4.47. The van der Waals surface area contributed by atoms with Crippen LogP contribution in [0.5, 0.6) is 0 Å². The molecule has 3 heteroatoms. The van der Waals surface area contributed by atoms with Crippen LogP contribution in [-0.4, -0.2) is 48.9 Å². The summed E-state index contributed by atoms with van der Waals surface area (Å²) in [6, 6.07) is 15.1. The molecule has 3 aromatic carbocycles. The van der Waals surface area contributed by atoms with E-state index in [1.807, 2.05) is 0 Å². The van der Waals surface area contributed by atoms with Crippen molar-refractivity contribution >= 4 is 83.7 Å². The van der Waals surface area contributed by atoms with Crippen molar-refractivity contribution in [2.75, 3.05) is 0 Å². The average Bonchev–Trinajstić information content (AvgIpc) is 2.36. The Morgan fingerprint density at radius 2 is 1.12 bits per heavy atom. The van der Waals surface area contributed by atoms with Crippen LogP contribution in [0.25, 0.3) is 21.5 Å². The molecule has 0 heterocycles. The Labute approximate surface area is 125 Å². The van der Waals surface area contributed by atoms with Crippen LogP contribution in [-0.2, 0) is 0 Å². The van der Waals surface area contributed by atoms with Crippen LogP contribution in [0.2, 0.25) is 0 Å². The molecule has 0 saturated heterocycles. The Morgan fingerprint density at radius 1 is 0.588 bits per heavy atom. The molecule has 0 aliphatic rings. The lowest BCUT2D eigenvalue weighted by Crippen LogP contribution is -2.18. The second-order valence-corrected chi connectivity index (χ2v) is 6.00. The monoisotopic (exact) mass is 256 g/mol. The molecule has 0 saturated carbocycles. The Morgan fingerprint density at radius 3 is 1.76 bits per heavy atom. The molecule has 3 aromatic rings. The van der Waals surface area contributed by atoms with Gasteiger partial charge in [0.05, 0.1) is 0 Å². The topological polar surface area (TPSA) is 0 Å². The van der Waals surface area contributed by atoms with Gasteiger partial charge in [-0.05, 0) is 21.5 Å². The van der Waals surface area contributed by atoms with E-state index in [0.717, 1.165) is 0 Å². The summed E-state index contributed by atoms with van der Waals surface area (Å²) in [5.41, 5.74) is 0. The van der Waals surface area contributed by atoms with Crippen molar-refractivity contribution in [2.24, 2.45) is 0 Å². The van der Waals surface area contributed by atoms with Gasteiger partial charge in [-0.25, -0.2) is 0 Å². The van der Waals surface area contributed by atoms with Crippen LogP contribution in [0.1, 0.15) is 0 Å². The van der Waals surface area contributed by atoms with Crippen molar-refractivity contribution in [3.8, 4) is 0 Å². The molecule has 0 aliphatic heterocycles. The summed E-state index contributed by atoms with van der Waals surface area (Å²) in [7, 11) is 0. The van der Waals surface area contributed by atoms with E-state index in [1.54, 1.807) is 0 Å². The Balaban J connectivity index is 2.63. The highest BCUT2D eigenvalue weighted by Gasteiger charge is 2.05. The second-order valence-electron chi connectivity index (χ2n) is 4.18. The number of rotatable bonds is 0. The van der Waals surface area contributed by atoms with Gasteiger partial charge in [0, 0.05) is 0 Å². The van der Waals surface area contributed by atoms with Crippen LogP contribution in [0, 0.1) is 0 Å². The molecule has 0 unspecified atom stereocenters. The van der Waals surface area contributed by atoms with E-state index in [4.69, 9.17) is 0 Å². The Hall–Kier alpha value is -0.223. The van der Waals surface area contributed by atoms with Crippen LogP contribution in [0.4, 0.5) is 0 Å². The molecule has 0 N–H and O–H groups in total. The molecule has 0 nitrogen and oxygen atoms in total. The molecule has 0 atom stereocenters. The molecule has 0 amide bonds. The normalized spacial score (nSPS) is 11.1. The third kappa shape index (κ3) is 1.89. The zero-order valence-corrected chi connectivity index (χ0v) is 12.7. The van der Waals surface area contributed by atoms with Gasteiger partial charge in [0.1, 0.15) is 0 Å². The number of fused-ring (bicyclic) bond motifs is 2. The highest BCUT2D eigenvalue weighted by atomic mass is 27.1. The van der Waals surface area contributed by atoms with E-state index in [1.165, 1.54) is 34.8 Å². The third-order valence-electron chi connectivity index (χ3n) is 3.13. The summed E-state index contributed by atoms with van der Waals surface area (Å²) in [6.45, 7) is 0. The van der Waals surface area contributed by atoms with E-state index >= 15 is 0 Å². The van der Waals surface area contributed by atoms with Crippen LogP contribution >= 0.6 is 0 Å². The SMILES string of the molecule is [Al][c]1ccc2[c]([Al])c3ccccc3[c]([Al])c2c1. The largest absolute Gasteiger partial charge is 0.177 e. The number of benzene rings is 3. The molecule has 17 heavy (non-hydrogen) atoms. The first-order chi connectivity index (χ1) is 8.18. The number of hydrogen-bond acceptors (Lipinski definition) is 0. The Kier molecular flexibility index (Phi) is 3.11. The fourth-order valence-electron chi connectivity index (χ4n) is 2.26. The molecular formula is C14H7Al3. The average molecular weight is 256 g/mol. The molecular weight excluding hydrogens is 249 g/mol. The summed E-state index contributed by atoms with van der Waals surface area (Å²) in [5, 5.41) is 5.24. The summed E-state index contributed by atoms with van der Waals surface area (Å²) in [5.74, 6) is 0. The highest BCUT2D eigenvalue weighted by molar-refractivity contribution is 6.54. The minimum Gasteiger partial charge on any atom is -0.138 e. The van der Waals surface area contributed by atoms with E-state index in [0.29, 0.717) is 0 Å². The molecule has 0 fully saturated rings. The summed E-state index contributed by atoms with van der Waals surface area (Å²) < 4.78 is 3.79. The first-order valence-electron chi connectivity index (χ1n) is 5.43. The van der Waals surface area contributed by atoms with Gasteiger partial charge < -0.3 is 0 Å². The van der Waals surface area contributed by atoms with E-state index in [9.17, 15) is 0 Å². The smallest absolute Gasteiger partial charge is 0.138 e. The van der Waals surface area contributed by atoms with Crippen molar-refractivity contribution in [2.45, 2.75) is 0 Å². The molecule has 0 aromatic heterocycles. The van der Waals surface area contributed by atoms with E-state index in [2.05, 4.69) is 91.3 Å². The molecule has 6 radical (unpaired) electrons. The lowest BCUT2D eigenvalue weighted by Gasteiger charge is -2.14. The van der Waals surface area contributed by atoms with Crippen molar-refractivity contribution in [3.63, 3.8) is 0 Å². The number of hydrogen-bond donors (Lipinski definition) is 0. The van der Waals surface area contributed by atoms with Gasteiger partial charge in [-0.2, -0.15) is 0 Å². The molecule has 0 spiro atoms. The van der Waals surface area contributed by atoms with Gasteiger partial charge in [-0.3, -0.25) is 0 Å². The van der Waals surface area contributed by atoms with E-state index < -0.39 is 0 Å². The molecule has 72 valence electrons. The Bertz CT molecular complexity index is 732. The van der Waals surface area contributed by atoms with Gasteiger partial charge in [0.2, 0.25) is 0 Å². The molecule has 0 bridgehead atoms. The minimum absolute atomic E-state index is 1.22. The third-order valence-corrected chi connectivity index (χ3v) is 4.73. The maximum absolute atomic E-state index is 2.88. The summed E-state index contributed by atoms with van der Waals surface area (Å²) in [6.07, 6.45) is 0. The maximum Gasteiger partial charge on any atom is 0.177 e. The van der Waals surface area contributed by atoms with Crippen molar-refractivity contribution in [1.82, 2.24) is 0 Å². The predicted molar refractivity (Wildman–Crippen MR) is 77.6 cm³/mol. The lowest BCUT2D eigenvalue weighted by atomic mass is 10.0. The first kappa shape index (κ1) is 11.8.